The molecule has 2 aromatic carbocycles. The van der Waals surface area contributed by atoms with Gasteiger partial charge in [-0.2, -0.15) is 0 Å². The van der Waals surface area contributed by atoms with E-state index in [1.165, 1.54) is 0 Å². The van der Waals surface area contributed by atoms with E-state index in [4.69, 9.17) is 9.15 Å². The van der Waals surface area contributed by atoms with E-state index in [1.54, 1.807) is 6.20 Å². The Hall–Kier alpha value is -4.20. The lowest BCUT2D eigenvalue weighted by Crippen LogP contribution is -2.42. The zero-order chi connectivity index (χ0) is 25.8. The second-order valence-electron chi connectivity index (χ2n) is 9.34. The van der Waals surface area contributed by atoms with Gasteiger partial charge in [0, 0.05) is 42.9 Å². The third kappa shape index (κ3) is 5.63. The number of aliphatic carboxylic acids is 1. The van der Waals surface area contributed by atoms with Gasteiger partial charge in [-0.3, -0.25) is 4.79 Å². The highest BCUT2D eigenvalue weighted by Gasteiger charge is 2.36. The van der Waals surface area contributed by atoms with Gasteiger partial charge in [0.15, 0.2) is 0 Å². The third-order valence-corrected chi connectivity index (χ3v) is 6.80. The molecular formula is C29H30N4O4. The van der Waals surface area contributed by atoms with Crippen LogP contribution >= 0.6 is 0 Å². The molecule has 2 atom stereocenters. The van der Waals surface area contributed by atoms with Gasteiger partial charge in [-0.05, 0) is 56.2 Å². The number of anilines is 1. The van der Waals surface area contributed by atoms with Crippen LogP contribution in [-0.2, 0) is 11.2 Å². The van der Waals surface area contributed by atoms with E-state index in [9.17, 15) is 9.90 Å². The van der Waals surface area contributed by atoms with Crippen LogP contribution < -0.4 is 9.64 Å². The summed E-state index contributed by atoms with van der Waals surface area (Å²) in [4.78, 5) is 27.8. The van der Waals surface area contributed by atoms with Gasteiger partial charge in [0.1, 0.15) is 11.5 Å². The average molecular weight is 499 g/mol. The van der Waals surface area contributed by atoms with E-state index in [2.05, 4.69) is 19.9 Å². The fourth-order valence-corrected chi connectivity index (χ4v) is 4.82. The van der Waals surface area contributed by atoms with Crippen LogP contribution in [0.25, 0.3) is 11.5 Å². The van der Waals surface area contributed by atoms with Crippen LogP contribution in [0.5, 0.6) is 5.75 Å². The fraction of sp³-hybridized carbons (Fsp3) is 0.310. The summed E-state index contributed by atoms with van der Waals surface area (Å²) < 4.78 is 11.9. The molecule has 1 fully saturated rings. The maximum absolute atomic E-state index is 12.1. The van der Waals surface area contributed by atoms with Crippen molar-refractivity contribution in [2.75, 3.05) is 24.6 Å². The van der Waals surface area contributed by atoms with Crippen LogP contribution in [0.2, 0.25) is 0 Å². The first kappa shape index (κ1) is 24.5. The van der Waals surface area contributed by atoms with E-state index in [0.29, 0.717) is 50.1 Å². The molecule has 0 bridgehead atoms. The van der Waals surface area contributed by atoms with Gasteiger partial charge in [0.05, 0.1) is 18.2 Å². The lowest BCUT2D eigenvalue weighted by Gasteiger charge is -2.37. The number of piperidine rings is 1. The average Bonchev–Trinajstić information content (AvgIpc) is 3.29. The monoisotopic (exact) mass is 498 g/mol. The van der Waals surface area contributed by atoms with Gasteiger partial charge in [-0.1, -0.05) is 30.3 Å². The molecule has 0 saturated carbocycles. The van der Waals surface area contributed by atoms with Crippen molar-refractivity contribution < 1.29 is 19.1 Å². The molecule has 0 aliphatic carbocycles. The molecule has 2 aromatic heterocycles. The van der Waals surface area contributed by atoms with E-state index < -0.39 is 11.9 Å². The van der Waals surface area contributed by atoms with Crippen LogP contribution in [0, 0.1) is 19.8 Å². The maximum atomic E-state index is 12.1. The van der Waals surface area contributed by atoms with E-state index in [-0.39, 0.29) is 5.92 Å². The highest BCUT2D eigenvalue weighted by Crippen LogP contribution is 2.35. The SMILES string of the molecule is Cc1ccnc(N2CCC(C(=O)O)C(c3cccc(OCCc4nc(-c5ccccc5)oc4C)c3)C2)n1. The number of rotatable bonds is 8. The van der Waals surface area contributed by atoms with E-state index in [0.717, 1.165) is 28.3 Å². The van der Waals surface area contributed by atoms with E-state index >= 15 is 0 Å². The number of benzene rings is 2. The number of carboxylic acid groups (broad SMARTS) is 1. The van der Waals surface area contributed by atoms with Crippen molar-refractivity contribution in [3.63, 3.8) is 0 Å². The maximum Gasteiger partial charge on any atom is 0.307 e. The van der Waals surface area contributed by atoms with Crippen molar-refractivity contribution in [2.45, 2.75) is 32.6 Å². The lowest BCUT2D eigenvalue weighted by atomic mass is 9.80. The summed E-state index contributed by atoms with van der Waals surface area (Å²) in [6, 6.07) is 19.4. The molecule has 4 aromatic rings. The molecule has 190 valence electrons. The van der Waals surface area contributed by atoms with Crippen molar-refractivity contribution in [3.8, 4) is 17.2 Å². The van der Waals surface area contributed by atoms with Gasteiger partial charge in [0.2, 0.25) is 11.8 Å². The molecule has 0 amide bonds. The van der Waals surface area contributed by atoms with Crippen LogP contribution in [0.1, 0.15) is 35.1 Å². The van der Waals surface area contributed by atoms with Gasteiger partial charge >= 0.3 is 5.97 Å². The van der Waals surface area contributed by atoms with E-state index in [1.807, 2.05) is 74.5 Å². The second kappa shape index (κ2) is 10.8. The topological polar surface area (TPSA) is 102 Å². The number of ether oxygens (including phenoxy) is 1. The summed E-state index contributed by atoms with van der Waals surface area (Å²) in [5.74, 6) is 1.26. The van der Waals surface area contributed by atoms with Crippen LogP contribution in [0.15, 0.2) is 71.3 Å². The van der Waals surface area contributed by atoms with Crippen molar-refractivity contribution in [1.29, 1.82) is 0 Å². The summed E-state index contributed by atoms with van der Waals surface area (Å²) in [6.07, 6.45) is 2.87. The highest BCUT2D eigenvalue weighted by molar-refractivity contribution is 5.72. The number of carboxylic acids is 1. The number of aryl methyl sites for hydroxylation is 2. The summed E-state index contributed by atoms with van der Waals surface area (Å²) in [7, 11) is 0. The third-order valence-electron chi connectivity index (χ3n) is 6.80. The number of oxazole rings is 1. The predicted octanol–water partition coefficient (Wildman–Crippen LogP) is 5.06. The van der Waals surface area contributed by atoms with Gasteiger partial charge < -0.3 is 19.2 Å². The molecule has 8 heteroatoms. The Labute approximate surface area is 216 Å². The van der Waals surface area contributed by atoms with Gasteiger partial charge in [0.25, 0.3) is 0 Å². The Morgan fingerprint density at radius 1 is 1.11 bits per heavy atom. The smallest absolute Gasteiger partial charge is 0.307 e. The van der Waals surface area contributed by atoms with Crippen molar-refractivity contribution in [3.05, 3.63) is 89.6 Å². The molecule has 8 nitrogen and oxygen atoms in total. The lowest BCUT2D eigenvalue weighted by molar-refractivity contribution is -0.143. The Morgan fingerprint density at radius 3 is 2.73 bits per heavy atom. The molecule has 1 saturated heterocycles. The molecule has 2 unspecified atom stereocenters. The summed E-state index contributed by atoms with van der Waals surface area (Å²) in [5, 5.41) is 9.92. The molecule has 37 heavy (non-hydrogen) atoms. The van der Waals surface area contributed by atoms with Gasteiger partial charge in [-0.25, -0.2) is 15.0 Å². The zero-order valence-electron chi connectivity index (χ0n) is 21.0. The zero-order valence-corrected chi connectivity index (χ0v) is 21.0. The largest absolute Gasteiger partial charge is 0.493 e. The van der Waals surface area contributed by atoms with Crippen LogP contribution in [0.4, 0.5) is 5.95 Å². The number of carbonyl (C=O) groups is 1. The minimum atomic E-state index is -0.781. The first-order valence-corrected chi connectivity index (χ1v) is 12.5. The number of hydrogen-bond donors (Lipinski definition) is 1. The van der Waals surface area contributed by atoms with Crippen LogP contribution in [0.3, 0.4) is 0 Å². The standard InChI is InChI=1S/C29H30N4O4/c1-19-11-14-30-29(31-19)33-15-12-24(28(34)35)25(18-33)22-9-6-10-23(17-22)36-16-13-26-20(2)37-27(32-26)21-7-4-3-5-8-21/h3-11,14,17,24-25H,12-13,15-16,18H2,1-2H3,(H,34,35). The van der Waals surface area contributed by atoms with Gasteiger partial charge in [-0.15, -0.1) is 0 Å². The molecule has 5 rings (SSSR count). The molecule has 1 aliphatic rings. The van der Waals surface area contributed by atoms with Crippen molar-refractivity contribution >= 4 is 11.9 Å². The highest BCUT2D eigenvalue weighted by atomic mass is 16.5. The first-order valence-electron chi connectivity index (χ1n) is 12.5. The summed E-state index contributed by atoms with van der Waals surface area (Å²) >= 11 is 0. The van der Waals surface area contributed by atoms with Crippen molar-refractivity contribution in [2.24, 2.45) is 5.92 Å². The fourth-order valence-electron chi connectivity index (χ4n) is 4.82. The van der Waals surface area contributed by atoms with Crippen LogP contribution in [-0.4, -0.2) is 45.7 Å². The Balaban J connectivity index is 1.27. The molecular weight excluding hydrogens is 468 g/mol. The second-order valence-corrected chi connectivity index (χ2v) is 9.34. The Morgan fingerprint density at radius 2 is 1.95 bits per heavy atom. The minimum Gasteiger partial charge on any atom is -0.493 e. The first-order chi connectivity index (χ1) is 18.0. The number of aromatic nitrogens is 3. The molecule has 0 spiro atoms. The Kier molecular flexibility index (Phi) is 7.16. The summed E-state index contributed by atoms with van der Waals surface area (Å²) in [6.45, 7) is 5.41. The molecule has 3 heterocycles. The molecule has 1 aliphatic heterocycles. The summed E-state index contributed by atoms with van der Waals surface area (Å²) in [5.41, 5.74) is 3.62. The normalized spacial score (nSPS) is 17.5. The predicted molar refractivity (Wildman–Crippen MR) is 140 cm³/mol. The van der Waals surface area contributed by atoms with Crippen molar-refractivity contribution in [1.82, 2.24) is 15.0 Å². The molecule has 1 N–H and O–H groups in total. The number of nitrogens with zero attached hydrogens (tertiary/aromatic N) is 4. The Bertz CT molecular complexity index is 1370. The minimum absolute atomic E-state index is 0.204. The quantitative estimate of drug-likeness (QED) is 0.360. The molecule has 0 radical (unpaired) electrons. The number of hydrogen-bond acceptors (Lipinski definition) is 7.